The molecule has 0 spiro atoms. The molecule has 1 aromatic carbocycles. The second-order valence-electron chi connectivity index (χ2n) is 5.56. The van der Waals surface area contributed by atoms with Gasteiger partial charge in [-0.3, -0.25) is 9.59 Å². The van der Waals surface area contributed by atoms with Gasteiger partial charge in [0.25, 0.3) is 5.91 Å². The van der Waals surface area contributed by atoms with Crippen molar-refractivity contribution < 1.29 is 28.6 Å². The molecule has 0 bridgehead atoms. The van der Waals surface area contributed by atoms with Gasteiger partial charge in [-0.25, -0.2) is 4.79 Å². The number of amides is 1. The standard InChI is InChI=1S/C19H21NO6S/c1-6-26-19(23)15-10(2)16(11(3)21)27-18(15)20-17(22)12-7-8-13(24-4)14(9-12)25-5/h7-9H,6H2,1-5H3,(H,20,22). The molecule has 1 aromatic heterocycles. The zero-order chi connectivity index (χ0) is 20.1. The van der Waals surface area contributed by atoms with Crippen LogP contribution in [-0.4, -0.2) is 38.5 Å². The van der Waals surface area contributed by atoms with Gasteiger partial charge in [0.1, 0.15) is 5.00 Å². The number of anilines is 1. The van der Waals surface area contributed by atoms with E-state index in [0.717, 1.165) is 11.3 Å². The predicted octanol–water partition coefficient (Wildman–Crippen LogP) is 3.71. The number of esters is 1. The van der Waals surface area contributed by atoms with Crippen molar-refractivity contribution in [2.24, 2.45) is 0 Å². The number of rotatable bonds is 7. The first-order valence-corrected chi connectivity index (χ1v) is 9.00. The summed E-state index contributed by atoms with van der Waals surface area (Å²) in [5, 5.41) is 2.98. The number of ketones is 1. The molecule has 0 saturated heterocycles. The molecule has 1 amide bonds. The largest absolute Gasteiger partial charge is 0.493 e. The lowest BCUT2D eigenvalue weighted by Gasteiger charge is -2.10. The molecule has 1 heterocycles. The fourth-order valence-electron chi connectivity index (χ4n) is 2.54. The van der Waals surface area contributed by atoms with Crippen LogP contribution in [0.4, 0.5) is 5.00 Å². The van der Waals surface area contributed by atoms with Crippen molar-refractivity contribution in [3.8, 4) is 11.5 Å². The van der Waals surface area contributed by atoms with E-state index in [1.807, 2.05) is 0 Å². The summed E-state index contributed by atoms with van der Waals surface area (Å²) in [5.41, 5.74) is 1.01. The maximum Gasteiger partial charge on any atom is 0.341 e. The predicted molar refractivity (Wildman–Crippen MR) is 103 cm³/mol. The average molecular weight is 391 g/mol. The summed E-state index contributed by atoms with van der Waals surface area (Å²) in [4.78, 5) is 37.2. The Kier molecular flexibility index (Phi) is 6.57. The van der Waals surface area contributed by atoms with Crippen LogP contribution in [0.25, 0.3) is 0 Å². The van der Waals surface area contributed by atoms with E-state index in [0.29, 0.717) is 27.5 Å². The van der Waals surface area contributed by atoms with Crippen LogP contribution < -0.4 is 14.8 Å². The summed E-state index contributed by atoms with van der Waals surface area (Å²) in [6.45, 7) is 4.94. The Morgan fingerprint density at radius 2 is 1.78 bits per heavy atom. The summed E-state index contributed by atoms with van der Waals surface area (Å²) in [6, 6.07) is 4.72. The van der Waals surface area contributed by atoms with Gasteiger partial charge < -0.3 is 19.5 Å². The lowest BCUT2D eigenvalue weighted by molar-refractivity contribution is 0.0527. The van der Waals surface area contributed by atoms with Crippen molar-refractivity contribution in [3.05, 3.63) is 39.8 Å². The molecular weight excluding hydrogens is 370 g/mol. The van der Waals surface area contributed by atoms with Gasteiger partial charge in [-0.15, -0.1) is 11.3 Å². The van der Waals surface area contributed by atoms with Crippen LogP contribution in [0, 0.1) is 6.92 Å². The van der Waals surface area contributed by atoms with Crippen LogP contribution in [0.5, 0.6) is 11.5 Å². The van der Waals surface area contributed by atoms with Crippen molar-refractivity contribution in [1.29, 1.82) is 0 Å². The zero-order valence-corrected chi connectivity index (χ0v) is 16.6. The van der Waals surface area contributed by atoms with Gasteiger partial charge >= 0.3 is 5.97 Å². The van der Waals surface area contributed by atoms with E-state index in [2.05, 4.69) is 5.32 Å². The van der Waals surface area contributed by atoms with Crippen LogP contribution in [0.3, 0.4) is 0 Å². The molecule has 0 saturated carbocycles. The van der Waals surface area contributed by atoms with Gasteiger partial charge in [-0.2, -0.15) is 0 Å². The average Bonchev–Trinajstić information content (AvgIpc) is 2.97. The number of hydrogen-bond donors (Lipinski definition) is 1. The van der Waals surface area contributed by atoms with Crippen LogP contribution >= 0.6 is 11.3 Å². The Bertz CT molecular complexity index is 887. The number of hydrogen-bond acceptors (Lipinski definition) is 7. The molecule has 0 aliphatic heterocycles. The maximum atomic E-state index is 12.7. The van der Waals surface area contributed by atoms with E-state index < -0.39 is 11.9 Å². The van der Waals surface area contributed by atoms with Crippen LogP contribution in [0.2, 0.25) is 0 Å². The molecule has 0 atom stereocenters. The van der Waals surface area contributed by atoms with E-state index in [1.54, 1.807) is 26.0 Å². The molecular formula is C19H21NO6S. The van der Waals surface area contributed by atoms with E-state index in [1.165, 1.54) is 27.2 Å². The summed E-state index contributed by atoms with van der Waals surface area (Å²) in [6.07, 6.45) is 0. The quantitative estimate of drug-likeness (QED) is 0.572. The van der Waals surface area contributed by atoms with Gasteiger partial charge in [-0.05, 0) is 44.5 Å². The topological polar surface area (TPSA) is 90.9 Å². The third kappa shape index (κ3) is 4.28. The molecule has 8 heteroatoms. The highest BCUT2D eigenvalue weighted by molar-refractivity contribution is 7.18. The SMILES string of the molecule is CCOC(=O)c1c(NC(=O)c2ccc(OC)c(OC)c2)sc(C(C)=O)c1C. The van der Waals surface area contributed by atoms with Crippen molar-refractivity contribution in [2.45, 2.75) is 20.8 Å². The van der Waals surface area contributed by atoms with Crippen LogP contribution in [-0.2, 0) is 4.74 Å². The Morgan fingerprint density at radius 1 is 1.11 bits per heavy atom. The summed E-state index contributed by atoms with van der Waals surface area (Å²) >= 11 is 1.05. The molecule has 27 heavy (non-hydrogen) atoms. The first-order valence-electron chi connectivity index (χ1n) is 8.18. The number of nitrogens with one attached hydrogen (secondary N) is 1. The minimum absolute atomic E-state index is 0.185. The number of carbonyl (C=O) groups is 3. The van der Waals surface area contributed by atoms with E-state index in [4.69, 9.17) is 14.2 Å². The van der Waals surface area contributed by atoms with Crippen molar-refractivity contribution in [3.63, 3.8) is 0 Å². The Labute approximate surface area is 161 Å². The second-order valence-corrected chi connectivity index (χ2v) is 6.58. The molecule has 0 aliphatic rings. The van der Waals surface area contributed by atoms with Gasteiger partial charge in [0.15, 0.2) is 17.3 Å². The maximum absolute atomic E-state index is 12.7. The molecule has 144 valence electrons. The monoisotopic (exact) mass is 391 g/mol. The lowest BCUT2D eigenvalue weighted by atomic mass is 10.1. The van der Waals surface area contributed by atoms with Crippen molar-refractivity contribution in [1.82, 2.24) is 0 Å². The van der Waals surface area contributed by atoms with E-state index in [-0.39, 0.29) is 23.0 Å². The van der Waals surface area contributed by atoms with E-state index >= 15 is 0 Å². The summed E-state index contributed by atoms with van der Waals surface area (Å²) < 4.78 is 15.4. The Morgan fingerprint density at radius 3 is 2.33 bits per heavy atom. The van der Waals surface area contributed by atoms with Gasteiger partial charge in [-0.1, -0.05) is 0 Å². The third-order valence-corrected chi connectivity index (χ3v) is 5.13. The first-order chi connectivity index (χ1) is 12.8. The fraction of sp³-hybridized carbons (Fsp3) is 0.316. The normalized spacial score (nSPS) is 10.3. The van der Waals surface area contributed by atoms with Crippen LogP contribution in [0.1, 0.15) is 49.8 Å². The molecule has 7 nitrogen and oxygen atoms in total. The first kappa shape index (κ1) is 20.4. The fourth-order valence-corrected chi connectivity index (χ4v) is 3.62. The van der Waals surface area contributed by atoms with Crippen molar-refractivity contribution >= 4 is 34.0 Å². The number of Topliss-reactive ketones (excluding diaryl/α,β-unsaturated/α-hetero) is 1. The Hall–Kier alpha value is -2.87. The minimum atomic E-state index is -0.582. The highest BCUT2D eigenvalue weighted by Gasteiger charge is 2.25. The third-order valence-electron chi connectivity index (χ3n) is 3.82. The smallest absolute Gasteiger partial charge is 0.341 e. The highest BCUT2D eigenvalue weighted by Crippen LogP contribution is 2.35. The number of carbonyl (C=O) groups excluding carboxylic acids is 3. The molecule has 0 fully saturated rings. The minimum Gasteiger partial charge on any atom is -0.493 e. The molecule has 0 aliphatic carbocycles. The van der Waals surface area contributed by atoms with E-state index in [9.17, 15) is 14.4 Å². The number of ether oxygens (including phenoxy) is 3. The van der Waals surface area contributed by atoms with Crippen LogP contribution in [0.15, 0.2) is 18.2 Å². The van der Waals surface area contributed by atoms with Gasteiger partial charge in [0, 0.05) is 5.56 Å². The number of thiophene rings is 1. The Balaban J connectivity index is 2.41. The zero-order valence-electron chi connectivity index (χ0n) is 15.8. The molecule has 2 aromatic rings. The number of benzene rings is 1. The highest BCUT2D eigenvalue weighted by atomic mass is 32.1. The summed E-state index contributed by atoms with van der Waals surface area (Å²) in [5.74, 6) is -0.316. The molecule has 1 N–H and O–H groups in total. The molecule has 2 rings (SSSR count). The lowest BCUT2D eigenvalue weighted by Crippen LogP contribution is -2.15. The number of methoxy groups -OCH3 is 2. The second kappa shape index (κ2) is 8.68. The molecule has 0 unspecified atom stereocenters. The van der Waals surface area contributed by atoms with Gasteiger partial charge in [0.2, 0.25) is 0 Å². The van der Waals surface area contributed by atoms with Gasteiger partial charge in [0.05, 0.1) is 31.3 Å². The summed E-state index contributed by atoms with van der Waals surface area (Å²) in [7, 11) is 2.97. The molecule has 0 radical (unpaired) electrons. The van der Waals surface area contributed by atoms with Crippen molar-refractivity contribution in [2.75, 3.05) is 26.1 Å².